The molecule has 1 fully saturated rings. The van der Waals surface area contributed by atoms with Crippen molar-refractivity contribution in [3.63, 3.8) is 0 Å². The molecule has 0 aliphatic carbocycles. The molecule has 1 aromatic rings. The van der Waals surface area contributed by atoms with Crippen LogP contribution in [0.4, 0.5) is 14.5 Å². The molecule has 1 aliphatic heterocycles. The SMILES string of the molecule is CCC1(C)CN(c2c(F)cccc2F)C(C(C)C)CN1. The highest BCUT2D eigenvalue weighted by Gasteiger charge is 2.37. The van der Waals surface area contributed by atoms with Crippen molar-refractivity contribution in [3.8, 4) is 0 Å². The lowest BCUT2D eigenvalue weighted by Crippen LogP contribution is -2.64. The lowest BCUT2D eigenvalue weighted by atomic mass is 9.89. The summed E-state index contributed by atoms with van der Waals surface area (Å²) in [5.41, 5.74) is 0.00694. The van der Waals surface area contributed by atoms with E-state index in [2.05, 4.69) is 33.0 Å². The number of nitrogens with zero attached hydrogens (tertiary/aromatic N) is 1. The average molecular weight is 282 g/mol. The van der Waals surface area contributed by atoms with Crippen LogP contribution in [0, 0.1) is 17.6 Å². The highest BCUT2D eigenvalue weighted by Crippen LogP contribution is 2.32. The summed E-state index contributed by atoms with van der Waals surface area (Å²) in [5, 5.41) is 3.53. The minimum absolute atomic E-state index is 0.0982. The van der Waals surface area contributed by atoms with E-state index in [1.54, 1.807) is 0 Å². The molecule has 2 atom stereocenters. The summed E-state index contributed by atoms with van der Waals surface area (Å²) in [6.07, 6.45) is 0.921. The number of halogens is 2. The molecule has 0 aromatic heterocycles. The first kappa shape index (κ1) is 15.2. The molecule has 0 spiro atoms. The van der Waals surface area contributed by atoms with Crippen LogP contribution >= 0.6 is 0 Å². The van der Waals surface area contributed by atoms with Gasteiger partial charge in [0.25, 0.3) is 0 Å². The maximum Gasteiger partial charge on any atom is 0.149 e. The summed E-state index contributed by atoms with van der Waals surface area (Å²) < 4.78 is 28.3. The maximum atomic E-state index is 14.1. The first-order valence-electron chi connectivity index (χ1n) is 7.33. The van der Waals surface area contributed by atoms with Crippen molar-refractivity contribution >= 4 is 5.69 Å². The van der Waals surface area contributed by atoms with E-state index < -0.39 is 11.6 Å². The fourth-order valence-electron chi connectivity index (χ4n) is 2.85. The lowest BCUT2D eigenvalue weighted by Gasteiger charge is -2.48. The molecular weight excluding hydrogens is 258 g/mol. The van der Waals surface area contributed by atoms with Gasteiger partial charge in [0, 0.05) is 24.7 Å². The Kier molecular flexibility index (Phi) is 4.33. The molecule has 0 amide bonds. The number of anilines is 1. The predicted molar refractivity (Wildman–Crippen MR) is 79.0 cm³/mol. The normalized spacial score (nSPS) is 27.1. The molecular formula is C16H24F2N2. The summed E-state index contributed by atoms with van der Waals surface area (Å²) >= 11 is 0. The molecule has 2 rings (SSSR count). The van der Waals surface area contributed by atoms with Crippen molar-refractivity contribution in [3.05, 3.63) is 29.8 Å². The predicted octanol–water partition coefficient (Wildman–Crippen LogP) is 3.57. The van der Waals surface area contributed by atoms with Crippen molar-refractivity contribution in [2.24, 2.45) is 5.92 Å². The molecule has 20 heavy (non-hydrogen) atoms. The van der Waals surface area contributed by atoms with Crippen molar-refractivity contribution < 1.29 is 8.78 Å². The number of hydrogen-bond donors (Lipinski definition) is 1. The second-order valence-electron chi connectivity index (χ2n) is 6.30. The first-order valence-corrected chi connectivity index (χ1v) is 7.33. The Balaban J connectivity index is 2.42. The van der Waals surface area contributed by atoms with Gasteiger partial charge in [-0.15, -0.1) is 0 Å². The fraction of sp³-hybridized carbons (Fsp3) is 0.625. The molecule has 1 heterocycles. The molecule has 1 N–H and O–H groups in total. The zero-order valence-electron chi connectivity index (χ0n) is 12.7. The van der Waals surface area contributed by atoms with Gasteiger partial charge in [0.15, 0.2) is 0 Å². The number of nitrogens with one attached hydrogen (secondary N) is 1. The molecule has 1 aromatic carbocycles. The lowest BCUT2D eigenvalue weighted by molar-refractivity contribution is 0.250. The summed E-state index contributed by atoms with van der Waals surface area (Å²) in [4.78, 5) is 1.91. The fourth-order valence-corrected chi connectivity index (χ4v) is 2.85. The van der Waals surface area contributed by atoms with E-state index in [4.69, 9.17) is 0 Å². The number of para-hydroxylation sites is 1. The van der Waals surface area contributed by atoms with Crippen LogP contribution in [0.25, 0.3) is 0 Å². The van der Waals surface area contributed by atoms with Crippen LogP contribution in [0.5, 0.6) is 0 Å². The molecule has 1 saturated heterocycles. The third kappa shape index (κ3) is 2.80. The van der Waals surface area contributed by atoms with Gasteiger partial charge in [0.2, 0.25) is 0 Å². The second-order valence-corrected chi connectivity index (χ2v) is 6.30. The standard InChI is InChI=1S/C16H24F2N2/c1-5-16(4)10-20(14(9-19-16)11(2)3)15-12(17)7-6-8-13(15)18/h6-8,11,14,19H,5,9-10H2,1-4H3. The van der Waals surface area contributed by atoms with E-state index in [1.165, 1.54) is 18.2 Å². The van der Waals surface area contributed by atoms with Crippen LogP contribution in [-0.2, 0) is 0 Å². The van der Waals surface area contributed by atoms with Crippen molar-refractivity contribution in [2.75, 3.05) is 18.0 Å². The quantitative estimate of drug-likeness (QED) is 0.912. The number of rotatable bonds is 3. The van der Waals surface area contributed by atoms with E-state index in [1.807, 2.05) is 4.90 Å². The highest BCUT2D eigenvalue weighted by molar-refractivity contribution is 5.51. The van der Waals surface area contributed by atoms with Gasteiger partial charge in [-0.1, -0.05) is 26.8 Å². The summed E-state index contributed by atoms with van der Waals surface area (Å²) in [5.74, 6) is -0.630. The minimum atomic E-state index is -0.476. The number of piperazine rings is 1. The molecule has 0 saturated carbocycles. The largest absolute Gasteiger partial charge is 0.360 e. The zero-order valence-corrected chi connectivity index (χ0v) is 12.7. The highest BCUT2D eigenvalue weighted by atomic mass is 19.1. The molecule has 0 radical (unpaired) electrons. The third-order valence-corrected chi connectivity index (χ3v) is 4.43. The van der Waals surface area contributed by atoms with Crippen LogP contribution in [-0.4, -0.2) is 24.7 Å². The average Bonchev–Trinajstić information content (AvgIpc) is 2.38. The Hall–Kier alpha value is -1.16. The van der Waals surface area contributed by atoms with Gasteiger partial charge in [0.05, 0.1) is 0 Å². The topological polar surface area (TPSA) is 15.3 Å². The van der Waals surface area contributed by atoms with Crippen LogP contribution in [0.3, 0.4) is 0 Å². The Labute approximate surface area is 120 Å². The molecule has 0 bridgehead atoms. The van der Waals surface area contributed by atoms with Crippen LogP contribution < -0.4 is 10.2 Å². The molecule has 4 heteroatoms. The van der Waals surface area contributed by atoms with E-state index in [0.29, 0.717) is 12.5 Å². The molecule has 1 aliphatic rings. The van der Waals surface area contributed by atoms with Gasteiger partial charge in [-0.25, -0.2) is 8.78 Å². The van der Waals surface area contributed by atoms with Crippen molar-refractivity contribution in [1.82, 2.24) is 5.32 Å². The van der Waals surface area contributed by atoms with E-state index >= 15 is 0 Å². The van der Waals surface area contributed by atoms with E-state index in [9.17, 15) is 8.78 Å². The minimum Gasteiger partial charge on any atom is -0.360 e. The van der Waals surface area contributed by atoms with Crippen LogP contribution in [0.15, 0.2) is 18.2 Å². The second kappa shape index (κ2) is 5.68. The molecule has 2 nitrogen and oxygen atoms in total. The summed E-state index contributed by atoms with van der Waals surface area (Å²) in [6.45, 7) is 9.74. The maximum absolute atomic E-state index is 14.1. The Morgan fingerprint density at radius 3 is 2.45 bits per heavy atom. The van der Waals surface area contributed by atoms with Crippen molar-refractivity contribution in [1.29, 1.82) is 0 Å². The number of hydrogen-bond acceptors (Lipinski definition) is 2. The Bertz CT molecular complexity index is 455. The zero-order chi connectivity index (χ0) is 14.9. The van der Waals surface area contributed by atoms with Gasteiger partial charge >= 0.3 is 0 Å². The van der Waals surface area contributed by atoms with Crippen molar-refractivity contribution in [2.45, 2.75) is 45.7 Å². The summed E-state index contributed by atoms with van der Waals surface area (Å²) in [7, 11) is 0. The Morgan fingerprint density at radius 2 is 1.95 bits per heavy atom. The Morgan fingerprint density at radius 1 is 1.35 bits per heavy atom. The van der Waals surface area contributed by atoms with Crippen LogP contribution in [0.2, 0.25) is 0 Å². The van der Waals surface area contributed by atoms with Crippen LogP contribution in [0.1, 0.15) is 34.1 Å². The summed E-state index contributed by atoms with van der Waals surface area (Å²) in [6, 6.07) is 4.18. The van der Waals surface area contributed by atoms with Gasteiger partial charge in [-0.3, -0.25) is 0 Å². The third-order valence-electron chi connectivity index (χ3n) is 4.43. The van der Waals surface area contributed by atoms with Gasteiger partial charge in [-0.05, 0) is 31.4 Å². The van der Waals surface area contributed by atoms with Gasteiger partial charge in [0.1, 0.15) is 17.3 Å². The smallest absolute Gasteiger partial charge is 0.149 e. The first-order chi connectivity index (χ1) is 9.38. The van der Waals surface area contributed by atoms with Gasteiger partial charge in [-0.2, -0.15) is 0 Å². The van der Waals surface area contributed by atoms with Gasteiger partial charge < -0.3 is 10.2 Å². The molecule has 112 valence electrons. The monoisotopic (exact) mass is 282 g/mol. The molecule has 2 unspecified atom stereocenters. The van der Waals surface area contributed by atoms with E-state index in [-0.39, 0.29) is 17.3 Å². The number of benzene rings is 1. The van der Waals surface area contributed by atoms with E-state index in [0.717, 1.165) is 13.0 Å².